The Balaban J connectivity index is 1.93. The fraction of sp³-hybridized carbons (Fsp3) is 0.462. The van der Waals surface area contributed by atoms with Crippen molar-refractivity contribution >= 4 is 5.97 Å². The van der Waals surface area contributed by atoms with Gasteiger partial charge in [0, 0.05) is 7.11 Å². The molecule has 0 unspecified atom stereocenters. The molecular formula is C13H16O3. The van der Waals surface area contributed by atoms with Crippen molar-refractivity contribution in [2.45, 2.75) is 31.3 Å². The largest absolute Gasteiger partial charge is 0.478 e. The number of ether oxygens (including phenoxy) is 1. The van der Waals surface area contributed by atoms with Gasteiger partial charge < -0.3 is 9.84 Å². The molecule has 1 aromatic rings. The van der Waals surface area contributed by atoms with Crippen molar-refractivity contribution in [3.63, 3.8) is 0 Å². The molecule has 1 aromatic carbocycles. The van der Waals surface area contributed by atoms with Crippen LogP contribution in [0.4, 0.5) is 0 Å². The van der Waals surface area contributed by atoms with Gasteiger partial charge in [-0.15, -0.1) is 0 Å². The van der Waals surface area contributed by atoms with Gasteiger partial charge in [0.25, 0.3) is 0 Å². The molecule has 86 valence electrons. The summed E-state index contributed by atoms with van der Waals surface area (Å²) in [5.74, 6) is -0.873. The van der Waals surface area contributed by atoms with Crippen LogP contribution in [0.25, 0.3) is 0 Å². The zero-order valence-electron chi connectivity index (χ0n) is 9.40. The minimum atomic E-state index is -0.873. The van der Waals surface area contributed by atoms with E-state index in [0.717, 1.165) is 25.7 Å². The lowest BCUT2D eigenvalue weighted by molar-refractivity contribution is 0.0695. The summed E-state index contributed by atoms with van der Waals surface area (Å²) in [7, 11) is 1.76. The molecule has 0 heterocycles. The van der Waals surface area contributed by atoms with E-state index in [1.165, 1.54) is 5.56 Å². The zero-order chi connectivity index (χ0) is 11.6. The highest BCUT2D eigenvalue weighted by atomic mass is 16.5. The smallest absolute Gasteiger partial charge is 0.335 e. The Hall–Kier alpha value is -1.35. The van der Waals surface area contributed by atoms with Crippen LogP contribution in [-0.2, 0) is 11.2 Å². The van der Waals surface area contributed by atoms with Gasteiger partial charge in [-0.2, -0.15) is 0 Å². The molecular weight excluding hydrogens is 204 g/mol. The highest BCUT2D eigenvalue weighted by Gasteiger charge is 2.42. The van der Waals surface area contributed by atoms with Crippen LogP contribution in [-0.4, -0.2) is 23.8 Å². The number of aryl methyl sites for hydroxylation is 1. The van der Waals surface area contributed by atoms with Crippen molar-refractivity contribution in [1.82, 2.24) is 0 Å². The second kappa shape index (κ2) is 4.26. The lowest BCUT2D eigenvalue weighted by Crippen LogP contribution is -2.12. The second-order valence-electron chi connectivity index (χ2n) is 4.39. The van der Waals surface area contributed by atoms with Gasteiger partial charge in [-0.05, 0) is 43.4 Å². The van der Waals surface area contributed by atoms with E-state index in [4.69, 9.17) is 9.84 Å². The van der Waals surface area contributed by atoms with Crippen molar-refractivity contribution in [3.05, 3.63) is 35.4 Å². The molecule has 3 nitrogen and oxygen atoms in total. The van der Waals surface area contributed by atoms with Gasteiger partial charge in [0.05, 0.1) is 11.2 Å². The van der Waals surface area contributed by atoms with Crippen molar-refractivity contribution in [2.75, 3.05) is 7.11 Å². The molecule has 0 saturated heterocycles. The van der Waals surface area contributed by atoms with Crippen LogP contribution < -0.4 is 0 Å². The van der Waals surface area contributed by atoms with E-state index in [9.17, 15) is 4.79 Å². The number of aromatic carboxylic acids is 1. The second-order valence-corrected chi connectivity index (χ2v) is 4.39. The first-order valence-electron chi connectivity index (χ1n) is 5.53. The van der Waals surface area contributed by atoms with E-state index in [-0.39, 0.29) is 5.60 Å². The van der Waals surface area contributed by atoms with Crippen molar-refractivity contribution in [1.29, 1.82) is 0 Å². The number of methoxy groups -OCH3 is 1. The maximum absolute atomic E-state index is 10.7. The number of benzene rings is 1. The van der Waals surface area contributed by atoms with Gasteiger partial charge in [-0.25, -0.2) is 4.79 Å². The quantitative estimate of drug-likeness (QED) is 0.829. The molecule has 0 spiro atoms. The lowest BCUT2D eigenvalue weighted by Gasteiger charge is -2.12. The molecule has 16 heavy (non-hydrogen) atoms. The van der Waals surface area contributed by atoms with Crippen LogP contribution >= 0.6 is 0 Å². The van der Waals surface area contributed by atoms with E-state index in [1.54, 1.807) is 19.2 Å². The Morgan fingerprint density at radius 3 is 2.44 bits per heavy atom. The first-order chi connectivity index (χ1) is 7.65. The molecule has 1 aliphatic rings. The summed E-state index contributed by atoms with van der Waals surface area (Å²) in [6, 6.07) is 7.08. The van der Waals surface area contributed by atoms with Crippen LogP contribution in [0.15, 0.2) is 24.3 Å². The third-order valence-corrected chi connectivity index (χ3v) is 3.31. The van der Waals surface area contributed by atoms with Crippen molar-refractivity contribution in [3.8, 4) is 0 Å². The lowest BCUT2D eigenvalue weighted by atomic mass is 10.0. The summed E-state index contributed by atoms with van der Waals surface area (Å²) in [6.07, 6.45) is 4.27. The molecule has 0 atom stereocenters. The first-order valence-corrected chi connectivity index (χ1v) is 5.53. The van der Waals surface area contributed by atoms with Gasteiger partial charge in [0.1, 0.15) is 0 Å². The average Bonchev–Trinajstić information content (AvgIpc) is 3.08. The fourth-order valence-electron chi connectivity index (χ4n) is 1.88. The van der Waals surface area contributed by atoms with Gasteiger partial charge in [0.15, 0.2) is 0 Å². The Morgan fingerprint density at radius 1 is 1.38 bits per heavy atom. The maximum Gasteiger partial charge on any atom is 0.335 e. The van der Waals surface area contributed by atoms with E-state index < -0.39 is 5.97 Å². The van der Waals surface area contributed by atoms with Crippen LogP contribution in [0, 0.1) is 0 Å². The van der Waals surface area contributed by atoms with Crippen molar-refractivity contribution < 1.29 is 14.6 Å². The number of rotatable bonds is 5. The molecule has 0 aliphatic heterocycles. The van der Waals surface area contributed by atoms with E-state index in [0.29, 0.717) is 5.56 Å². The van der Waals surface area contributed by atoms with E-state index in [2.05, 4.69) is 0 Å². The minimum Gasteiger partial charge on any atom is -0.478 e. The summed E-state index contributed by atoms with van der Waals surface area (Å²) in [5.41, 5.74) is 1.64. The Labute approximate surface area is 95.0 Å². The number of carboxylic acid groups (broad SMARTS) is 1. The van der Waals surface area contributed by atoms with Crippen molar-refractivity contribution in [2.24, 2.45) is 0 Å². The zero-order valence-corrected chi connectivity index (χ0v) is 9.40. The molecule has 0 radical (unpaired) electrons. The maximum atomic E-state index is 10.7. The van der Waals surface area contributed by atoms with E-state index in [1.807, 2.05) is 12.1 Å². The van der Waals surface area contributed by atoms with Crippen LogP contribution in [0.2, 0.25) is 0 Å². The first kappa shape index (κ1) is 11.1. The minimum absolute atomic E-state index is 0.117. The van der Waals surface area contributed by atoms with Gasteiger partial charge >= 0.3 is 5.97 Å². The molecule has 0 bridgehead atoms. The summed E-state index contributed by atoms with van der Waals surface area (Å²) in [4.78, 5) is 10.7. The van der Waals surface area contributed by atoms with Crippen LogP contribution in [0.1, 0.15) is 35.2 Å². The molecule has 1 fully saturated rings. The molecule has 1 saturated carbocycles. The predicted molar refractivity (Wildman–Crippen MR) is 60.7 cm³/mol. The van der Waals surface area contributed by atoms with Gasteiger partial charge in [0.2, 0.25) is 0 Å². The number of hydrogen-bond donors (Lipinski definition) is 1. The molecule has 1 N–H and O–H groups in total. The number of carboxylic acids is 1. The monoisotopic (exact) mass is 220 g/mol. The number of hydrogen-bond acceptors (Lipinski definition) is 2. The van der Waals surface area contributed by atoms with Gasteiger partial charge in [-0.3, -0.25) is 0 Å². The molecule has 2 rings (SSSR count). The summed E-state index contributed by atoms with van der Waals surface area (Å²) in [6.45, 7) is 0. The Bertz CT molecular complexity index is 377. The van der Waals surface area contributed by atoms with Gasteiger partial charge in [-0.1, -0.05) is 12.1 Å². The predicted octanol–water partition coefficient (Wildman–Crippen LogP) is 2.50. The molecule has 0 amide bonds. The molecule has 0 aromatic heterocycles. The number of carbonyl (C=O) groups is 1. The molecule has 3 heteroatoms. The summed E-state index contributed by atoms with van der Waals surface area (Å²) in [5, 5.41) is 8.76. The summed E-state index contributed by atoms with van der Waals surface area (Å²) >= 11 is 0. The van der Waals surface area contributed by atoms with Crippen LogP contribution in [0.3, 0.4) is 0 Å². The SMILES string of the molecule is COC1(CCc2ccc(C(=O)O)cc2)CC1. The average molecular weight is 220 g/mol. The molecule has 1 aliphatic carbocycles. The Kier molecular flexibility index (Phi) is 2.97. The topological polar surface area (TPSA) is 46.5 Å². The Morgan fingerprint density at radius 2 is 2.00 bits per heavy atom. The third-order valence-electron chi connectivity index (χ3n) is 3.31. The standard InChI is InChI=1S/C13H16O3/c1-16-13(8-9-13)7-6-10-2-4-11(5-3-10)12(14)15/h2-5H,6-9H2,1H3,(H,14,15). The highest BCUT2D eigenvalue weighted by Crippen LogP contribution is 2.42. The van der Waals surface area contributed by atoms with E-state index >= 15 is 0 Å². The normalized spacial score (nSPS) is 17.1. The third kappa shape index (κ3) is 2.42. The summed E-state index contributed by atoms with van der Waals surface area (Å²) < 4.78 is 5.44. The van der Waals surface area contributed by atoms with Crippen LogP contribution in [0.5, 0.6) is 0 Å². The highest BCUT2D eigenvalue weighted by molar-refractivity contribution is 5.87. The fourth-order valence-corrected chi connectivity index (χ4v) is 1.88.